The molecule has 6 heteroatoms. The van der Waals surface area contributed by atoms with Crippen LogP contribution >= 0.6 is 0 Å². The topological polar surface area (TPSA) is 42.6 Å². The molecule has 0 saturated carbocycles. The number of hydrogen-bond donors (Lipinski definition) is 0. The second kappa shape index (κ2) is 12.3. The normalized spacial score (nSPS) is 20.1. The van der Waals surface area contributed by atoms with Gasteiger partial charge in [0.1, 0.15) is 5.65 Å². The molecule has 0 spiro atoms. The first-order valence-electron chi connectivity index (χ1n) is 19.5. The second-order valence-electron chi connectivity index (χ2n) is 17.3. The fourth-order valence-electron chi connectivity index (χ4n) is 10.2. The third-order valence-electron chi connectivity index (χ3n) is 13.1. The van der Waals surface area contributed by atoms with Gasteiger partial charge in [-0.3, -0.25) is 0 Å². The Morgan fingerprint density at radius 3 is 2.16 bits per heavy atom. The minimum atomic E-state index is -0.396. The van der Waals surface area contributed by atoms with Gasteiger partial charge in [0.05, 0.1) is 22.4 Å². The maximum atomic E-state index is 6.95. The zero-order valence-electron chi connectivity index (χ0n) is 33.8. The quantitative estimate of drug-likeness (QED) is 0.165. The first kappa shape index (κ1) is 36.6. The van der Waals surface area contributed by atoms with E-state index in [2.05, 4.69) is 170 Å². The first-order chi connectivity index (χ1) is 26.2. The van der Waals surface area contributed by atoms with Gasteiger partial charge in [-0.05, 0) is 92.8 Å². The number of ether oxygens (including phenoxy) is 1. The molecule has 0 radical (unpaired) electrons. The van der Waals surface area contributed by atoms with Crippen molar-refractivity contribution in [1.29, 1.82) is 0 Å². The van der Waals surface area contributed by atoms with E-state index in [1.807, 2.05) is 6.20 Å². The average Bonchev–Trinajstić information content (AvgIpc) is 3.66. The van der Waals surface area contributed by atoms with E-state index < -0.39 is 5.54 Å². The Balaban J connectivity index is 0.00000410. The van der Waals surface area contributed by atoms with Crippen molar-refractivity contribution in [2.45, 2.75) is 92.2 Å². The molecule has 4 heterocycles. The van der Waals surface area contributed by atoms with Gasteiger partial charge in [0.25, 0.3) is 0 Å². The molecule has 7 aromatic rings. The summed E-state index contributed by atoms with van der Waals surface area (Å²) in [6, 6.07) is 36.5. The molecule has 2 aromatic heterocycles. The zero-order valence-corrected chi connectivity index (χ0v) is 36.1. The predicted octanol–water partition coefficient (Wildman–Crippen LogP) is 11.6. The van der Waals surface area contributed by atoms with Crippen molar-refractivity contribution in [2.75, 3.05) is 4.90 Å². The Hall–Kier alpha value is -4.99. The summed E-state index contributed by atoms with van der Waals surface area (Å²) in [4.78, 5) is 13.2. The molecule has 282 valence electrons. The third-order valence-corrected chi connectivity index (χ3v) is 13.1. The van der Waals surface area contributed by atoms with Gasteiger partial charge in [-0.1, -0.05) is 105 Å². The van der Waals surface area contributed by atoms with E-state index in [0.717, 1.165) is 51.2 Å². The van der Waals surface area contributed by atoms with Crippen LogP contribution in [0.2, 0.25) is 0 Å². The van der Waals surface area contributed by atoms with Crippen LogP contribution in [0.15, 0.2) is 90.1 Å². The number of benzene rings is 5. The Morgan fingerprint density at radius 2 is 1.39 bits per heavy atom. The molecule has 10 rings (SSSR count). The Bertz CT molecular complexity index is 2840. The van der Waals surface area contributed by atoms with E-state index in [4.69, 9.17) is 14.7 Å². The number of aromatic nitrogens is 2. The minimum absolute atomic E-state index is 0. The molecule has 2 aliphatic heterocycles. The van der Waals surface area contributed by atoms with Crippen molar-refractivity contribution in [2.24, 2.45) is 4.99 Å². The molecular weight excluding hydrogens is 868 g/mol. The smallest absolute Gasteiger partial charge is 0.502 e. The molecule has 0 fully saturated rings. The fraction of sp³-hybridized carbons (Fsp3) is 0.280. The fourth-order valence-corrected chi connectivity index (χ4v) is 10.2. The van der Waals surface area contributed by atoms with Gasteiger partial charge >= 0.3 is 21.1 Å². The monoisotopic (exact) mass is 913 g/mol. The van der Waals surface area contributed by atoms with Gasteiger partial charge in [0, 0.05) is 34.2 Å². The standard InChI is InChI=1S/C50H46N4O.Pt/c1-28-20-32(5)44(33(6)21-28)54-46(52-49(9)26-35-14-11-12-16-38(35)50(49,54)10)34-19-18-30(3)42(24-34)55-43-25-41-40(23-31(43)4)48(7,8)39-17-13-15-36-37-22-29(2)27-51-47(37)53(41)45(36)39;/h11-23,27H,26H2,1-10H3;/q-2;+2/t49-,50+;/m1./s1. The molecule has 5 nitrogen and oxygen atoms in total. The van der Waals surface area contributed by atoms with E-state index >= 15 is 0 Å². The van der Waals surface area contributed by atoms with Gasteiger partial charge in [-0.2, -0.15) is 6.07 Å². The summed E-state index contributed by atoms with van der Waals surface area (Å²) in [5, 5.41) is 2.37. The average molecular weight is 914 g/mol. The summed E-state index contributed by atoms with van der Waals surface area (Å²) in [6.45, 7) is 22.3. The minimum Gasteiger partial charge on any atom is -0.502 e. The molecule has 5 aromatic carbocycles. The predicted molar refractivity (Wildman–Crippen MR) is 225 cm³/mol. The maximum absolute atomic E-state index is 6.95. The number of amidine groups is 1. The number of fused-ring (bicyclic) bond motifs is 8. The van der Waals surface area contributed by atoms with Crippen LogP contribution in [0.5, 0.6) is 11.5 Å². The molecule has 2 atom stereocenters. The zero-order chi connectivity index (χ0) is 38.3. The number of para-hydroxylation sites is 1. The van der Waals surface area contributed by atoms with E-state index in [0.29, 0.717) is 11.5 Å². The van der Waals surface area contributed by atoms with Crippen LogP contribution in [0.3, 0.4) is 0 Å². The van der Waals surface area contributed by atoms with E-state index in [1.165, 1.54) is 55.5 Å². The molecule has 0 saturated heterocycles. The Kier molecular flexibility index (Phi) is 8.02. The van der Waals surface area contributed by atoms with Gasteiger partial charge in [0.2, 0.25) is 0 Å². The second-order valence-corrected chi connectivity index (χ2v) is 17.3. The number of aliphatic imine (C=N–C) groups is 1. The van der Waals surface area contributed by atoms with Crippen molar-refractivity contribution in [1.82, 2.24) is 9.55 Å². The largest absolute Gasteiger partial charge is 2.00 e. The number of nitrogens with zero attached hydrogens (tertiary/aromatic N) is 4. The molecule has 1 aliphatic carbocycles. The van der Waals surface area contributed by atoms with Crippen LogP contribution < -0.4 is 9.64 Å². The summed E-state index contributed by atoms with van der Waals surface area (Å²) in [7, 11) is 0. The van der Waals surface area contributed by atoms with Crippen molar-refractivity contribution < 1.29 is 25.8 Å². The van der Waals surface area contributed by atoms with E-state index in [1.54, 1.807) is 0 Å². The summed E-state index contributed by atoms with van der Waals surface area (Å²) >= 11 is 0. The third kappa shape index (κ3) is 4.82. The summed E-state index contributed by atoms with van der Waals surface area (Å²) in [6.07, 6.45) is 2.83. The number of aryl methyl sites for hydroxylation is 6. The van der Waals surface area contributed by atoms with Gasteiger partial charge in [-0.15, -0.1) is 34.9 Å². The van der Waals surface area contributed by atoms with Crippen LogP contribution in [0, 0.1) is 53.7 Å². The summed E-state index contributed by atoms with van der Waals surface area (Å²) in [5.41, 5.74) is 16.3. The van der Waals surface area contributed by atoms with Crippen molar-refractivity contribution in [3.63, 3.8) is 0 Å². The van der Waals surface area contributed by atoms with E-state index in [9.17, 15) is 0 Å². The molecule has 3 aliphatic rings. The maximum Gasteiger partial charge on any atom is 2.00 e. The van der Waals surface area contributed by atoms with Crippen LogP contribution in [-0.2, 0) is 38.4 Å². The van der Waals surface area contributed by atoms with Crippen molar-refractivity contribution >= 4 is 33.5 Å². The van der Waals surface area contributed by atoms with Crippen LogP contribution in [0.4, 0.5) is 5.69 Å². The molecule has 0 N–H and O–H groups in total. The van der Waals surface area contributed by atoms with Crippen molar-refractivity contribution in [3.05, 3.63) is 158 Å². The van der Waals surface area contributed by atoms with Crippen LogP contribution in [0.25, 0.3) is 27.6 Å². The molecule has 56 heavy (non-hydrogen) atoms. The number of anilines is 1. The van der Waals surface area contributed by atoms with Gasteiger partial charge in [0.15, 0.2) is 0 Å². The van der Waals surface area contributed by atoms with Gasteiger partial charge in [-0.25, -0.2) is 4.98 Å². The van der Waals surface area contributed by atoms with Crippen LogP contribution in [0.1, 0.15) is 88.9 Å². The molecule has 0 amide bonds. The first-order valence-corrected chi connectivity index (χ1v) is 19.5. The molecule has 0 bridgehead atoms. The van der Waals surface area contributed by atoms with E-state index in [-0.39, 0.29) is 32.0 Å². The summed E-state index contributed by atoms with van der Waals surface area (Å²) in [5.74, 6) is 2.29. The number of pyridine rings is 1. The Morgan fingerprint density at radius 1 is 0.679 bits per heavy atom. The van der Waals surface area contributed by atoms with Gasteiger partial charge < -0.3 is 19.2 Å². The molecule has 0 unspecified atom stereocenters. The summed E-state index contributed by atoms with van der Waals surface area (Å²) < 4.78 is 9.25. The number of hydrogen-bond acceptors (Lipinski definition) is 4. The van der Waals surface area contributed by atoms with Crippen molar-refractivity contribution in [3.8, 4) is 17.2 Å². The number of rotatable bonds is 4. The van der Waals surface area contributed by atoms with Crippen LogP contribution in [-0.4, -0.2) is 20.9 Å². The molecular formula is C50H46N4OPt. The Labute approximate surface area is 344 Å². The SMILES string of the molecule is Cc1cc(C)c(N2C(c3[c-]c(Oc4[c-]c5c(cc4C)C(C)(C)c4cccc6c7cc(C)cnc7n-5c46)c(C)cc3)=N[C@]3(C)Cc4ccccc4[C@]23C)c(C)c1.[Pt+2].